The van der Waals surface area contributed by atoms with E-state index in [4.69, 9.17) is 14.4 Å². The molecule has 0 radical (unpaired) electrons. The van der Waals surface area contributed by atoms with E-state index in [1.165, 1.54) is 0 Å². The van der Waals surface area contributed by atoms with E-state index in [-0.39, 0.29) is 0 Å². The molecule has 0 aliphatic rings. The second-order valence-electron chi connectivity index (χ2n) is 12.0. The molecule has 0 N–H and O–H groups in total. The van der Waals surface area contributed by atoms with E-state index in [9.17, 15) is 0 Å². The largest absolute Gasteiger partial charge is 0.455 e. The maximum atomic E-state index is 6.45. The number of rotatable bonds is 6. The van der Waals surface area contributed by atoms with Gasteiger partial charge in [0.1, 0.15) is 11.2 Å². The Balaban J connectivity index is 1.24. The van der Waals surface area contributed by atoms with E-state index in [0.29, 0.717) is 5.82 Å². The molecule has 0 spiro atoms. The summed E-state index contributed by atoms with van der Waals surface area (Å²) in [7, 11) is 0. The summed E-state index contributed by atoms with van der Waals surface area (Å²) in [6, 6.07) is 49.9. The Morgan fingerprint density at radius 1 is 0.388 bits per heavy atom. The van der Waals surface area contributed by atoms with Crippen molar-refractivity contribution in [2.75, 3.05) is 0 Å². The molecule has 4 heterocycles. The molecule has 0 saturated heterocycles. The molecule has 0 saturated carbocycles. The second-order valence-corrected chi connectivity index (χ2v) is 12.0. The lowest BCUT2D eigenvalue weighted by Crippen LogP contribution is -1.97. The minimum absolute atomic E-state index is 0.648. The molecule has 0 amide bonds. The van der Waals surface area contributed by atoms with Crippen LogP contribution < -0.4 is 0 Å². The zero-order chi connectivity index (χ0) is 32.6. The van der Waals surface area contributed by atoms with Crippen LogP contribution in [0.3, 0.4) is 0 Å². The highest BCUT2D eigenvalue weighted by molar-refractivity contribution is 6.09. The maximum Gasteiger partial charge on any atom is 0.160 e. The molecule has 4 aromatic heterocycles. The van der Waals surface area contributed by atoms with Crippen molar-refractivity contribution in [2.45, 2.75) is 0 Å². The van der Waals surface area contributed by atoms with Gasteiger partial charge in [-0.1, -0.05) is 97.1 Å². The number of hydrogen-bond acceptors (Lipinski definition) is 5. The summed E-state index contributed by atoms with van der Waals surface area (Å²) < 4.78 is 6.45. The van der Waals surface area contributed by atoms with E-state index in [1.807, 2.05) is 73.1 Å². The first-order valence-corrected chi connectivity index (χ1v) is 16.2. The molecule has 0 atom stereocenters. The predicted molar refractivity (Wildman–Crippen MR) is 198 cm³/mol. The lowest BCUT2D eigenvalue weighted by Gasteiger charge is -2.13. The molecule has 230 valence electrons. The van der Waals surface area contributed by atoms with Crippen molar-refractivity contribution in [2.24, 2.45) is 0 Å². The number of furan rings is 1. The van der Waals surface area contributed by atoms with Crippen molar-refractivity contribution in [3.8, 4) is 67.3 Å². The first-order chi connectivity index (χ1) is 24.3. The fourth-order valence-corrected chi connectivity index (χ4v) is 6.43. The van der Waals surface area contributed by atoms with Gasteiger partial charge < -0.3 is 4.42 Å². The van der Waals surface area contributed by atoms with Crippen molar-refractivity contribution in [3.05, 3.63) is 170 Å². The zero-order valence-electron chi connectivity index (χ0n) is 26.4. The number of benzene rings is 5. The average molecular weight is 629 g/mol. The highest BCUT2D eigenvalue weighted by Crippen LogP contribution is 2.38. The zero-order valence-corrected chi connectivity index (χ0v) is 26.4. The van der Waals surface area contributed by atoms with Gasteiger partial charge in [0.25, 0.3) is 0 Å². The van der Waals surface area contributed by atoms with Gasteiger partial charge in [-0.05, 0) is 76.3 Å². The SMILES string of the molecule is c1ccc(-c2nc(-c3cc(-c4ccc(-c5cccnc5)cc4)cc(-c4cccnc4)c3)cc(-c3cccc4c3oc3ccccc34)n2)cc1. The van der Waals surface area contributed by atoms with Gasteiger partial charge in [0.15, 0.2) is 5.82 Å². The molecule has 0 unspecified atom stereocenters. The molecule has 0 fully saturated rings. The highest BCUT2D eigenvalue weighted by atomic mass is 16.3. The molecular weight excluding hydrogens is 601 g/mol. The lowest BCUT2D eigenvalue weighted by molar-refractivity contribution is 0.670. The van der Waals surface area contributed by atoms with Crippen LogP contribution >= 0.6 is 0 Å². The summed E-state index contributed by atoms with van der Waals surface area (Å²) in [6.07, 6.45) is 7.38. The molecule has 5 nitrogen and oxygen atoms in total. The third kappa shape index (κ3) is 5.43. The molecule has 0 aliphatic carbocycles. The summed E-state index contributed by atoms with van der Waals surface area (Å²) >= 11 is 0. The Morgan fingerprint density at radius 2 is 0.980 bits per heavy atom. The van der Waals surface area contributed by atoms with Crippen LogP contribution in [0.1, 0.15) is 0 Å². The minimum atomic E-state index is 0.648. The Hall–Kier alpha value is -6.72. The second kappa shape index (κ2) is 12.1. The Morgan fingerprint density at radius 3 is 1.71 bits per heavy atom. The predicted octanol–water partition coefficient (Wildman–Crippen LogP) is 11.2. The molecule has 9 aromatic rings. The smallest absolute Gasteiger partial charge is 0.160 e. The highest BCUT2D eigenvalue weighted by Gasteiger charge is 2.17. The molecule has 0 bridgehead atoms. The minimum Gasteiger partial charge on any atom is -0.455 e. The van der Waals surface area contributed by atoms with Crippen LogP contribution in [0.5, 0.6) is 0 Å². The van der Waals surface area contributed by atoms with Crippen molar-refractivity contribution in [1.82, 2.24) is 19.9 Å². The van der Waals surface area contributed by atoms with Gasteiger partial charge in [-0.25, -0.2) is 9.97 Å². The van der Waals surface area contributed by atoms with Gasteiger partial charge in [-0.2, -0.15) is 0 Å². The van der Waals surface area contributed by atoms with Crippen LogP contribution in [-0.4, -0.2) is 19.9 Å². The van der Waals surface area contributed by atoms with Gasteiger partial charge >= 0.3 is 0 Å². The molecule has 9 rings (SSSR count). The van der Waals surface area contributed by atoms with Gasteiger partial charge in [-0.15, -0.1) is 0 Å². The van der Waals surface area contributed by atoms with Crippen LogP contribution in [0.2, 0.25) is 0 Å². The van der Waals surface area contributed by atoms with E-state index >= 15 is 0 Å². The normalized spacial score (nSPS) is 11.3. The van der Waals surface area contributed by atoms with E-state index in [2.05, 4.69) is 94.9 Å². The standard InChI is InChI=1S/C44H28N4O/c1-2-9-31(10-3-1)44-47-40(26-41(48-44)39-15-6-14-38-37-13-4-5-16-42(37)49-43(38)39)36-24-34(23-35(25-36)33-12-8-22-46-28-33)30-19-17-29(18-20-30)32-11-7-21-45-27-32/h1-28H. The molecule has 0 aliphatic heterocycles. The molecule has 5 aromatic carbocycles. The summed E-state index contributed by atoms with van der Waals surface area (Å²) in [5.41, 5.74) is 12.6. The molecular formula is C44H28N4O. The Bertz CT molecular complexity index is 2580. The number of fused-ring (bicyclic) bond motifs is 3. The van der Waals surface area contributed by atoms with Crippen LogP contribution in [0.25, 0.3) is 89.2 Å². The summed E-state index contributed by atoms with van der Waals surface area (Å²) in [5, 5.41) is 2.14. The number of nitrogens with zero attached hydrogens (tertiary/aromatic N) is 4. The van der Waals surface area contributed by atoms with Crippen LogP contribution in [0.15, 0.2) is 175 Å². The third-order valence-corrected chi connectivity index (χ3v) is 8.88. The van der Waals surface area contributed by atoms with Crippen LogP contribution in [0, 0.1) is 0 Å². The maximum absolute atomic E-state index is 6.45. The Labute approximate surface area is 283 Å². The Kier molecular flexibility index (Phi) is 7.06. The van der Waals surface area contributed by atoms with Gasteiger partial charge in [0.2, 0.25) is 0 Å². The summed E-state index contributed by atoms with van der Waals surface area (Å²) in [4.78, 5) is 19.0. The summed E-state index contributed by atoms with van der Waals surface area (Å²) in [6.45, 7) is 0. The summed E-state index contributed by atoms with van der Waals surface area (Å²) in [5.74, 6) is 0.648. The molecule has 5 heteroatoms. The lowest BCUT2D eigenvalue weighted by atomic mass is 9.94. The quantitative estimate of drug-likeness (QED) is 0.183. The number of pyridine rings is 2. The van der Waals surface area contributed by atoms with Crippen LogP contribution in [-0.2, 0) is 0 Å². The van der Waals surface area contributed by atoms with Crippen molar-refractivity contribution in [1.29, 1.82) is 0 Å². The van der Waals surface area contributed by atoms with Gasteiger partial charge in [-0.3, -0.25) is 9.97 Å². The fourth-order valence-electron chi connectivity index (χ4n) is 6.43. The topological polar surface area (TPSA) is 64.7 Å². The number of para-hydroxylation sites is 2. The molecule has 49 heavy (non-hydrogen) atoms. The van der Waals surface area contributed by atoms with Gasteiger partial charge in [0, 0.05) is 57.8 Å². The first kappa shape index (κ1) is 28.5. The third-order valence-electron chi connectivity index (χ3n) is 8.88. The van der Waals surface area contributed by atoms with Crippen molar-refractivity contribution >= 4 is 21.9 Å². The number of hydrogen-bond donors (Lipinski definition) is 0. The van der Waals surface area contributed by atoms with Crippen molar-refractivity contribution in [3.63, 3.8) is 0 Å². The van der Waals surface area contributed by atoms with Gasteiger partial charge in [0.05, 0.1) is 11.4 Å². The monoisotopic (exact) mass is 628 g/mol. The fraction of sp³-hybridized carbons (Fsp3) is 0. The van der Waals surface area contributed by atoms with E-state index in [1.54, 1.807) is 12.4 Å². The van der Waals surface area contributed by atoms with Crippen molar-refractivity contribution < 1.29 is 4.42 Å². The van der Waals surface area contributed by atoms with E-state index < -0.39 is 0 Å². The number of aromatic nitrogens is 4. The average Bonchev–Trinajstić information content (AvgIpc) is 3.58. The van der Waals surface area contributed by atoms with Crippen LogP contribution in [0.4, 0.5) is 0 Å². The first-order valence-electron chi connectivity index (χ1n) is 16.2. The van der Waals surface area contributed by atoms with E-state index in [0.717, 1.165) is 83.4 Å².